The molecule has 1 N–H and O–H groups in total. The van der Waals surface area contributed by atoms with E-state index in [9.17, 15) is 4.79 Å². The first-order valence-electron chi connectivity index (χ1n) is 10.9. The molecular formula is C27H27NO5. The Hall–Kier alpha value is -3.64. The summed E-state index contributed by atoms with van der Waals surface area (Å²) in [7, 11) is 1.38. The molecule has 0 spiro atoms. The molecule has 0 unspecified atom stereocenters. The van der Waals surface area contributed by atoms with E-state index in [4.69, 9.17) is 24.3 Å². The first kappa shape index (κ1) is 22.6. The lowest BCUT2D eigenvalue weighted by Crippen LogP contribution is -2.44. The van der Waals surface area contributed by atoms with Crippen LogP contribution in [-0.2, 0) is 20.7 Å². The zero-order valence-corrected chi connectivity index (χ0v) is 18.5. The van der Waals surface area contributed by atoms with E-state index in [1.54, 1.807) is 0 Å². The molecule has 33 heavy (non-hydrogen) atoms. The number of ether oxygens (including phenoxy) is 3. The van der Waals surface area contributed by atoms with Crippen LogP contribution in [0, 0.1) is 0 Å². The number of nitrogens with zero attached hydrogens (tertiary/aromatic N) is 1. The SMILES string of the molecule is COC(=O)[C@@]1(Cc2ccccc2)N=C(c2ccc(OCCCO)cc2)O[C@H]1c1ccccc1. The minimum Gasteiger partial charge on any atom is -0.494 e. The summed E-state index contributed by atoms with van der Waals surface area (Å²) in [5, 5.41) is 8.92. The highest BCUT2D eigenvalue weighted by atomic mass is 16.5. The van der Waals surface area contributed by atoms with Gasteiger partial charge in [-0.25, -0.2) is 9.79 Å². The van der Waals surface area contributed by atoms with Gasteiger partial charge in [0.2, 0.25) is 11.4 Å². The number of benzene rings is 3. The van der Waals surface area contributed by atoms with Crippen molar-refractivity contribution >= 4 is 11.9 Å². The van der Waals surface area contributed by atoms with Crippen LogP contribution >= 0.6 is 0 Å². The van der Waals surface area contributed by atoms with Crippen LogP contribution in [0.25, 0.3) is 0 Å². The van der Waals surface area contributed by atoms with Crippen molar-refractivity contribution in [2.75, 3.05) is 20.3 Å². The van der Waals surface area contributed by atoms with Crippen molar-refractivity contribution in [3.63, 3.8) is 0 Å². The van der Waals surface area contributed by atoms with Gasteiger partial charge in [0.1, 0.15) is 5.75 Å². The normalized spacial score (nSPS) is 19.5. The second kappa shape index (κ2) is 10.3. The standard InChI is InChI=1S/C27H27NO5/c1-31-26(30)27(19-20-9-4-2-5-10-20)24(21-11-6-3-7-12-21)33-25(28-27)22-13-15-23(16-14-22)32-18-8-17-29/h2-7,9-16,24,29H,8,17-19H2,1H3/t24-,27-/m0/s1. The highest BCUT2D eigenvalue weighted by molar-refractivity contribution is 6.00. The van der Waals surface area contributed by atoms with E-state index in [-0.39, 0.29) is 6.61 Å². The quantitative estimate of drug-likeness (QED) is 0.396. The van der Waals surface area contributed by atoms with E-state index < -0.39 is 17.6 Å². The Balaban J connectivity index is 1.72. The van der Waals surface area contributed by atoms with Crippen molar-refractivity contribution in [3.05, 3.63) is 102 Å². The maximum Gasteiger partial charge on any atom is 0.338 e. The van der Waals surface area contributed by atoms with Gasteiger partial charge in [0.25, 0.3) is 0 Å². The van der Waals surface area contributed by atoms with E-state index >= 15 is 0 Å². The average molecular weight is 446 g/mol. The van der Waals surface area contributed by atoms with Gasteiger partial charge in [-0.05, 0) is 35.4 Å². The van der Waals surface area contributed by atoms with Crippen LogP contribution in [0.15, 0.2) is 89.9 Å². The molecule has 0 radical (unpaired) electrons. The van der Waals surface area contributed by atoms with E-state index in [0.29, 0.717) is 31.1 Å². The summed E-state index contributed by atoms with van der Waals surface area (Å²) in [6.45, 7) is 0.520. The molecule has 1 heterocycles. The summed E-state index contributed by atoms with van der Waals surface area (Å²) in [5.41, 5.74) is 1.29. The summed E-state index contributed by atoms with van der Waals surface area (Å²) in [6.07, 6.45) is 0.269. The Morgan fingerprint density at radius 3 is 2.30 bits per heavy atom. The average Bonchev–Trinajstić information content (AvgIpc) is 3.25. The molecule has 0 bridgehead atoms. The van der Waals surface area contributed by atoms with Gasteiger partial charge >= 0.3 is 5.97 Å². The summed E-state index contributed by atoms with van der Waals surface area (Å²) in [6, 6.07) is 26.7. The van der Waals surface area contributed by atoms with Crippen molar-refractivity contribution < 1.29 is 24.1 Å². The van der Waals surface area contributed by atoms with Crippen molar-refractivity contribution in [1.29, 1.82) is 0 Å². The number of hydrogen-bond donors (Lipinski definition) is 1. The van der Waals surface area contributed by atoms with Crippen LogP contribution in [0.4, 0.5) is 0 Å². The zero-order valence-electron chi connectivity index (χ0n) is 18.5. The second-order valence-electron chi connectivity index (χ2n) is 7.85. The first-order valence-corrected chi connectivity index (χ1v) is 10.9. The highest BCUT2D eigenvalue weighted by Gasteiger charge is 2.54. The minimum atomic E-state index is -1.26. The Bertz CT molecular complexity index is 1080. The number of rotatable bonds is 9. The predicted molar refractivity (Wildman–Crippen MR) is 125 cm³/mol. The van der Waals surface area contributed by atoms with Gasteiger partial charge in [-0.3, -0.25) is 0 Å². The van der Waals surface area contributed by atoms with E-state index in [1.165, 1.54) is 7.11 Å². The molecule has 0 saturated heterocycles. The molecule has 6 heteroatoms. The van der Waals surface area contributed by atoms with Gasteiger partial charge in [-0.1, -0.05) is 60.7 Å². The number of carbonyl (C=O) groups is 1. The number of aliphatic hydroxyl groups is 1. The van der Waals surface area contributed by atoms with Crippen LogP contribution < -0.4 is 4.74 Å². The number of hydrogen-bond acceptors (Lipinski definition) is 6. The fourth-order valence-electron chi connectivity index (χ4n) is 3.97. The topological polar surface area (TPSA) is 77.4 Å². The summed E-state index contributed by atoms with van der Waals surface area (Å²) >= 11 is 0. The van der Waals surface area contributed by atoms with Crippen LogP contribution in [0.2, 0.25) is 0 Å². The smallest absolute Gasteiger partial charge is 0.338 e. The van der Waals surface area contributed by atoms with E-state index in [0.717, 1.165) is 16.7 Å². The van der Waals surface area contributed by atoms with Gasteiger partial charge in [0.05, 0.1) is 13.7 Å². The highest BCUT2D eigenvalue weighted by Crippen LogP contribution is 2.43. The minimum absolute atomic E-state index is 0.0840. The monoisotopic (exact) mass is 445 g/mol. The molecule has 170 valence electrons. The number of aliphatic hydroxyl groups excluding tert-OH is 1. The van der Waals surface area contributed by atoms with Crippen molar-refractivity contribution in [2.45, 2.75) is 24.5 Å². The van der Waals surface area contributed by atoms with Gasteiger partial charge < -0.3 is 19.3 Å². The first-order chi connectivity index (χ1) is 16.2. The summed E-state index contributed by atoms with van der Waals surface area (Å²) < 4.78 is 17.2. The van der Waals surface area contributed by atoms with Gasteiger partial charge in [0, 0.05) is 25.0 Å². The molecule has 1 aliphatic rings. The molecule has 0 fully saturated rings. The van der Waals surface area contributed by atoms with E-state index in [2.05, 4.69) is 0 Å². The zero-order chi connectivity index (χ0) is 23.1. The van der Waals surface area contributed by atoms with Crippen LogP contribution in [-0.4, -0.2) is 42.8 Å². The molecule has 0 aliphatic carbocycles. The second-order valence-corrected chi connectivity index (χ2v) is 7.85. The fourth-order valence-corrected chi connectivity index (χ4v) is 3.97. The Kier molecular flexibility index (Phi) is 7.05. The van der Waals surface area contributed by atoms with Crippen LogP contribution in [0.3, 0.4) is 0 Å². The molecule has 6 nitrogen and oxygen atoms in total. The van der Waals surface area contributed by atoms with Gasteiger partial charge in [0.15, 0.2) is 6.10 Å². The molecular weight excluding hydrogens is 418 g/mol. The third kappa shape index (κ3) is 4.91. The summed E-state index contributed by atoms with van der Waals surface area (Å²) in [5.74, 6) is 0.625. The molecule has 4 rings (SSSR count). The van der Waals surface area contributed by atoms with E-state index in [1.807, 2.05) is 84.9 Å². The van der Waals surface area contributed by atoms with Gasteiger partial charge in [-0.2, -0.15) is 0 Å². The molecule has 3 aromatic rings. The van der Waals surface area contributed by atoms with Crippen molar-refractivity contribution in [2.24, 2.45) is 4.99 Å². The lowest BCUT2D eigenvalue weighted by Gasteiger charge is -2.29. The fraction of sp³-hybridized carbons (Fsp3) is 0.259. The maximum atomic E-state index is 13.3. The number of esters is 1. The number of aliphatic imine (C=N–C) groups is 1. The number of methoxy groups -OCH3 is 1. The Morgan fingerprint density at radius 2 is 1.67 bits per heavy atom. The van der Waals surface area contributed by atoms with Gasteiger partial charge in [-0.15, -0.1) is 0 Å². The number of carbonyl (C=O) groups excluding carboxylic acids is 1. The van der Waals surface area contributed by atoms with Crippen molar-refractivity contribution in [1.82, 2.24) is 0 Å². The predicted octanol–water partition coefficient (Wildman–Crippen LogP) is 4.12. The lowest BCUT2D eigenvalue weighted by molar-refractivity contribution is -0.149. The molecule has 1 aliphatic heterocycles. The van der Waals surface area contributed by atoms with Crippen LogP contribution in [0.5, 0.6) is 5.75 Å². The molecule has 2 atom stereocenters. The van der Waals surface area contributed by atoms with Crippen molar-refractivity contribution in [3.8, 4) is 5.75 Å². The Labute approximate surface area is 193 Å². The lowest BCUT2D eigenvalue weighted by atomic mass is 9.83. The molecule has 0 amide bonds. The third-order valence-electron chi connectivity index (χ3n) is 5.59. The van der Waals surface area contributed by atoms with Crippen LogP contribution in [0.1, 0.15) is 29.2 Å². The Morgan fingerprint density at radius 1 is 1.00 bits per heavy atom. The molecule has 0 saturated carbocycles. The third-order valence-corrected chi connectivity index (χ3v) is 5.59. The largest absolute Gasteiger partial charge is 0.494 e. The molecule has 0 aromatic heterocycles. The maximum absolute atomic E-state index is 13.3. The molecule has 3 aromatic carbocycles. The summed E-state index contributed by atoms with van der Waals surface area (Å²) in [4.78, 5) is 18.1.